The van der Waals surface area contributed by atoms with Crippen molar-refractivity contribution in [3.8, 4) is 0 Å². The van der Waals surface area contributed by atoms with E-state index in [9.17, 15) is 19.2 Å². The van der Waals surface area contributed by atoms with E-state index in [0.29, 0.717) is 24.0 Å². The van der Waals surface area contributed by atoms with Gasteiger partial charge in [-0.2, -0.15) is 0 Å². The number of amides is 2. The lowest BCUT2D eigenvalue weighted by molar-refractivity contribution is -0.135. The first kappa shape index (κ1) is 22.7. The van der Waals surface area contributed by atoms with Crippen molar-refractivity contribution >= 4 is 23.4 Å². The molecule has 0 saturated carbocycles. The first-order valence-corrected chi connectivity index (χ1v) is 8.72. The van der Waals surface area contributed by atoms with Crippen LogP contribution in [0.1, 0.15) is 75.1 Å². The van der Waals surface area contributed by atoms with Gasteiger partial charge < -0.3 is 0 Å². The topological polar surface area (TPSA) is 80.3 Å². The van der Waals surface area contributed by atoms with E-state index in [1.165, 1.54) is 6.92 Å². The molecule has 0 aromatic heterocycles. The fourth-order valence-corrected chi connectivity index (χ4v) is 2.12. The van der Waals surface area contributed by atoms with Crippen LogP contribution in [0.25, 0.3) is 0 Å². The zero-order valence-electron chi connectivity index (χ0n) is 16.0. The van der Waals surface area contributed by atoms with Crippen molar-refractivity contribution in [1.29, 1.82) is 0 Å². The number of nitrogens with one attached hydrogen (secondary N) is 1. The number of Topliss-reactive ketones (excluding diaryl/α,β-unsaturated/α-hetero) is 2. The maximum atomic E-state index is 11.7. The van der Waals surface area contributed by atoms with Gasteiger partial charge in [-0.3, -0.25) is 24.5 Å². The van der Waals surface area contributed by atoms with Crippen LogP contribution in [0.3, 0.4) is 0 Å². The number of carbonyl (C=O) groups is 4. The molecule has 1 aliphatic rings. The minimum atomic E-state index is -0.141. The highest BCUT2D eigenvalue weighted by Gasteiger charge is 2.21. The molecule has 1 aromatic rings. The highest BCUT2D eigenvalue weighted by Crippen LogP contribution is 2.14. The standard InChI is InChI=1S/C12H14O2.C6H9NO2.C2H6/c1-8(2)12(14)11-7-5-4-6-10(11)9(3)13;1-4-2-3-5(8)7-6(4)9;1-2/h4-8H,1-3H3;4H,2-3H2,1H3,(H,7,8,9);1-2H3. The van der Waals surface area contributed by atoms with Crippen LogP contribution in [0.15, 0.2) is 24.3 Å². The molecule has 138 valence electrons. The summed E-state index contributed by atoms with van der Waals surface area (Å²) in [4.78, 5) is 44.1. The second-order valence-electron chi connectivity index (χ2n) is 5.97. The van der Waals surface area contributed by atoms with Crippen molar-refractivity contribution in [2.75, 3.05) is 0 Å². The van der Waals surface area contributed by atoms with Crippen LogP contribution in [0.4, 0.5) is 0 Å². The molecular weight excluding hydrogens is 318 g/mol. The third kappa shape index (κ3) is 7.42. The zero-order chi connectivity index (χ0) is 19.6. The number of ketones is 2. The van der Waals surface area contributed by atoms with Gasteiger partial charge in [0.2, 0.25) is 11.8 Å². The zero-order valence-corrected chi connectivity index (χ0v) is 16.0. The Labute approximate surface area is 150 Å². The molecule has 5 nitrogen and oxygen atoms in total. The van der Waals surface area contributed by atoms with Crippen molar-refractivity contribution in [1.82, 2.24) is 5.32 Å². The molecule has 1 saturated heterocycles. The molecule has 0 bridgehead atoms. The van der Waals surface area contributed by atoms with Gasteiger partial charge in [-0.15, -0.1) is 0 Å². The van der Waals surface area contributed by atoms with Crippen LogP contribution < -0.4 is 5.32 Å². The predicted molar refractivity (Wildman–Crippen MR) is 98.5 cm³/mol. The largest absolute Gasteiger partial charge is 0.296 e. The molecule has 2 amide bonds. The molecule has 1 aromatic carbocycles. The summed E-state index contributed by atoms with van der Waals surface area (Å²) in [5.41, 5.74) is 1.06. The van der Waals surface area contributed by atoms with Crippen LogP contribution in [0.5, 0.6) is 0 Å². The SMILES string of the molecule is CC.CC(=O)c1ccccc1C(=O)C(C)C.CC1CCC(=O)NC1=O. The molecule has 25 heavy (non-hydrogen) atoms. The molecule has 1 unspecified atom stereocenters. The summed E-state index contributed by atoms with van der Waals surface area (Å²) in [6, 6.07) is 6.95. The average molecular weight is 347 g/mol. The molecule has 1 atom stereocenters. The van der Waals surface area contributed by atoms with Gasteiger partial charge >= 0.3 is 0 Å². The Morgan fingerprint density at radius 2 is 1.60 bits per heavy atom. The first-order valence-electron chi connectivity index (χ1n) is 8.72. The summed E-state index contributed by atoms with van der Waals surface area (Å²) in [7, 11) is 0. The van der Waals surface area contributed by atoms with E-state index in [2.05, 4.69) is 5.32 Å². The predicted octanol–water partition coefficient (Wildman–Crippen LogP) is 3.81. The molecular formula is C20H29NO4. The Morgan fingerprint density at radius 1 is 1.08 bits per heavy atom. The van der Waals surface area contributed by atoms with Crippen LogP contribution in [0, 0.1) is 11.8 Å². The third-order valence-electron chi connectivity index (χ3n) is 3.61. The number of imide groups is 1. The van der Waals surface area contributed by atoms with Crippen LogP contribution >= 0.6 is 0 Å². The van der Waals surface area contributed by atoms with Crippen LogP contribution in [-0.4, -0.2) is 23.4 Å². The Hall–Kier alpha value is -2.30. The summed E-state index contributed by atoms with van der Waals surface area (Å²) < 4.78 is 0. The normalized spacial score (nSPS) is 16.0. The van der Waals surface area contributed by atoms with Crippen molar-refractivity contribution in [2.45, 2.75) is 54.4 Å². The van der Waals surface area contributed by atoms with Gasteiger partial charge in [-0.25, -0.2) is 0 Å². The van der Waals surface area contributed by atoms with E-state index in [1.54, 1.807) is 24.3 Å². The van der Waals surface area contributed by atoms with E-state index in [4.69, 9.17) is 0 Å². The monoisotopic (exact) mass is 347 g/mol. The van der Waals surface area contributed by atoms with Crippen molar-refractivity contribution in [3.05, 3.63) is 35.4 Å². The average Bonchev–Trinajstić information content (AvgIpc) is 2.60. The third-order valence-corrected chi connectivity index (χ3v) is 3.61. The number of rotatable bonds is 3. The molecule has 0 aliphatic carbocycles. The van der Waals surface area contributed by atoms with Gasteiger partial charge in [-0.1, -0.05) is 58.9 Å². The second-order valence-corrected chi connectivity index (χ2v) is 5.97. The maximum absolute atomic E-state index is 11.7. The minimum Gasteiger partial charge on any atom is -0.296 e. The lowest BCUT2D eigenvalue weighted by Crippen LogP contribution is -2.39. The number of carbonyl (C=O) groups excluding carboxylic acids is 4. The summed E-state index contributed by atoms with van der Waals surface area (Å²) in [6.07, 6.45) is 1.19. The summed E-state index contributed by atoms with van der Waals surface area (Å²) in [6.45, 7) is 11.0. The Bertz CT molecular complexity index is 620. The Morgan fingerprint density at radius 3 is 2.00 bits per heavy atom. The Balaban J connectivity index is 0.000000451. The summed E-state index contributed by atoms with van der Waals surface area (Å²) in [5.74, 6) is -0.368. The van der Waals surface area contributed by atoms with Gasteiger partial charge in [0, 0.05) is 29.4 Å². The van der Waals surface area contributed by atoms with Crippen molar-refractivity contribution in [3.63, 3.8) is 0 Å². The van der Waals surface area contributed by atoms with E-state index < -0.39 is 0 Å². The maximum Gasteiger partial charge on any atom is 0.229 e. The van der Waals surface area contributed by atoms with Gasteiger partial charge in [0.25, 0.3) is 0 Å². The first-order chi connectivity index (χ1) is 11.7. The van der Waals surface area contributed by atoms with Gasteiger partial charge in [0.05, 0.1) is 0 Å². The number of piperidine rings is 1. The quantitative estimate of drug-likeness (QED) is 0.666. The summed E-state index contributed by atoms with van der Waals surface area (Å²) in [5, 5.41) is 2.25. The molecule has 2 rings (SSSR count). The number of hydrogen-bond donors (Lipinski definition) is 1. The highest BCUT2D eigenvalue weighted by molar-refractivity contribution is 6.08. The van der Waals surface area contributed by atoms with Crippen molar-refractivity contribution in [2.24, 2.45) is 11.8 Å². The molecule has 1 fully saturated rings. The van der Waals surface area contributed by atoms with Crippen LogP contribution in [0.2, 0.25) is 0 Å². The smallest absolute Gasteiger partial charge is 0.229 e. The molecule has 0 radical (unpaired) electrons. The fourth-order valence-electron chi connectivity index (χ4n) is 2.12. The van der Waals surface area contributed by atoms with E-state index in [-0.39, 0.29) is 35.2 Å². The van der Waals surface area contributed by atoms with Crippen molar-refractivity contribution < 1.29 is 19.2 Å². The van der Waals surface area contributed by atoms with Gasteiger partial charge in [0.1, 0.15) is 0 Å². The minimum absolute atomic E-state index is 0.0164. The molecule has 1 heterocycles. The molecule has 1 N–H and O–H groups in total. The lowest BCUT2D eigenvalue weighted by Gasteiger charge is -2.15. The van der Waals surface area contributed by atoms with E-state index in [1.807, 2.05) is 34.6 Å². The number of hydrogen-bond acceptors (Lipinski definition) is 4. The van der Waals surface area contributed by atoms with E-state index >= 15 is 0 Å². The fraction of sp³-hybridized carbons (Fsp3) is 0.500. The van der Waals surface area contributed by atoms with Crippen LogP contribution in [-0.2, 0) is 9.59 Å². The van der Waals surface area contributed by atoms with Gasteiger partial charge in [0.15, 0.2) is 11.6 Å². The molecule has 5 heteroatoms. The van der Waals surface area contributed by atoms with E-state index in [0.717, 1.165) is 0 Å². The number of benzene rings is 1. The molecule has 1 aliphatic heterocycles. The highest BCUT2D eigenvalue weighted by atomic mass is 16.2. The lowest BCUT2D eigenvalue weighted by atomic mass is 9.95. The summed E-state index contributed by atoms with van der Waals surface area (Å²) >= 11 is 0. The second kappa shape index (κ2) is 11.3. The Kier molecular flexibility index (Phi) is 10.2. The van der Waals surface area contributed by atoms with Gasteiger partial charge in [-0.05, 0) is 13.3 Å². The molecule has 0 spiro atoms.